The Hall–Kier alpha value is -1.49. The van der Waals surface area contributed by atoms with E-state index in [1.165, 1.54) is 0 Å². The normalized spacial score (nSPS) is 18.9. The summed E-state index contributed by atoms with van der Waals surface area (Å²) in [5.41, 5.74) is 7.05. The number of nitrogens with two attached hydrogens (primary N) is 1. The van der Waals surface area contributed by atoms with Crippen LogP contribution in [0.3, 0.4) is 0 Å². The average Bonchev–Trinajstić information content (AvgIpc) is 2.47. The monoisotopic (exact) mass is 292 g/mol. The first-order valence-corrected chi connectivity index (χ1v) is 7.98. The van der Waals surface area contributed by atoms with Crippen molar-refractivity contribution in [1.82, 2.24) is 4.90 Å². The Kier molecular flexibility index (Phi) is 4.70. The van der Waals surface area contributed by atoms with Crippen LogP contribution in [0, 0.1) is 12.8 Å². The summed E-state index contributed by atoms with van der Waals surface area (Å²) < 4.78 is 0. The molecule has 5 heteroatoms. The first-order valence-electron chi connectivity index (χ1n) is 6.76. The zero-order valence-corrected chi connectivity index (χ0v) is 12.7. The van der Waals surface area contributed by atoms with Gasteiger partial charge in [0.05, 0.1) is 5.92 Å². The number of thioether (sulfide) groups is 1. The summed E-state index contributed by atoms with van der Waals surface area (Å²) in [6.07, 6.45) is 3.60. The van der Waals surface area contributed by atoms with E-state index in [2.05, 4.69) is 0 Å². The van der Waals surface area contributed by atoms with Gasteiger partial charge in [0.15, 0.2) is 0 Å². The molecule has 0 saturated carbocycles. The molecule has 2 rings (SSSR count). The van der Waals surface area contributed by atoms with Crippen LogP contribution in [0.1, 0.15) is 28.8 Å². The minimum atomic E-state index is -0.308. The number of carbonyl (C=O) groups excluding carboxylic acids is 2. The molecule has 1 aromatic carbocycles. The van der Waals surface area contributed by atoms with Crippen LogP contribution in [-0.2, 0) is 4.79 Å². The van der Waals surface area contributed by atoms with Crippen molar-refractivity contribution in [3.8, 4) is 0 Å². The van der Waals surface area contributed by atoms with E-state index in [0.29, 0.717) is 13.1 Å². The molecule has 0 aromatic heterocycles. The van der Waals surface area contributed by atoms with Crippen molar-refractivity contribution in [2.75, 3.05) is 19.3 Å². The Balaban J connectivity index is 2.20. The molecule has 0 radical (unpaired) electrons. The van der Waals surface area contributed by atoms with Gasteiger partial charge in [0, 0.05) is 23.5 Å². The number of piperidine rings is 1. The van der Waals surface area contributed by atoms with Crippen molar-refractivity contribution in [3.63, 3.8) is 0 Å². The second-order valence-electron chi connectivity index (χ2n) is 5.17. The van der Waals surface area contributed by atoms with Crippen LogP contribution in [0.25, 0.3) is 0 Å². The Morgan fingerprint density at radius 3 is 2.80 bits per heavy atom. The lowest BCUT2D eigenvalue weighted by atomic mass is 9.96. The zero-order valence-electron chi connectivity index (χ0n) is 11.9. The summed E-state index contributed by atoms with van der Waals surface area (Å²) in [6, 6.07) is 5.91. The molecule has 1 aliphatic rings. The molecule has 0 bridgehead atoms. The van der Waals surface area contributed by atoms with Crippen molar-refractivity contribution in [2.24, 2.45) is 11.7 Å². The van der Waals surface area contributed by atoms with Crippen molar-refractivity contribution < 1.29 is 9.59 Å². The number of likely N-dealkylation sites (tertiary alicyclic amines) is 1. The fourth-order valence-electron chi connectivity index (χ4n) is 2.52. The predicted octanol–water partition coefficient (Wildman–Crippen LogP) is 2.05. The van der Waals surface area contributed by atoms with Gasteiger partial charge in [0.2, 0.25) is 5.91 Å². The molecule has 1 heterocycles. The van der Waals surface area contributed by atoms with Crippen molar-refractivity contribution in [3.05, 3.63) is 29.3 Å². The number of primary amides is 1. The quantitative estimate of drug-likeness (QED) is 0.867. The van der Waals surface area contributed by atoms with Crippen molar-refractivity contribution in [1.29, 1.82) is 0 Å². The molecule has 20 heavy (non-hydrogen) atoms. The number of hydrogen-bond acceptors (Lipinski definition) is 3. The first kappa shape index (κ1) is 14.9. The van der Waals surface area contributed by atoms with Gasteiger partial charge in [0.1, 0.15) is 0 Å². The molecule has 1 aliphatic heterocycles. The Morgan fingerprint density at radius 2 is 2.15 bits per heavy atom. The highest BCUT2D eigenvalue weighted by Gasteiger charge is 2.28. The SMILES string of the molecule is CSc1ccc(C)c(C(=O)N2CCC[C@@H](C(N)=O)C2)c1. The molecule has 1 saturated heterocycles. The summed E-state index contributed by atoms with van der Waals surface area (Å²) in [6.45, 7) is 3.08. The molecule has 2 N–H and O–H groups in total. The number of carbonyl (C=O) groups is 2. The van der Waals surface area contributed by atoms with Crippen molar-refractivity contribution in [2.45, 2.75) is 24.7 Å². The van der Waals surface area contributed by atoms with Crippen LogP contribution in [0.4, 0.5) is 0 Å². The van der Waals surface area contributed by atoms with Gasteiger partial charge in [-0.05, 0) is 43.7 Å². The maximum Gasteiger partial charge on any atom is 0.254 e. The summed E-state index contributed by atoms with van der Waals surface area (Å²) in [5.74, 6) is -0.516. The summed E-state index contributed by atoms with van der Waals surface area (Å²) in [4.78, 5) is 26.8. The second-order valence-corrected chi connectivity index (χ2v) is 6.05. The number of hydrogen-bond donors (Lipinski definition) is 1. The van der Waals surface area contributed by atoms with Crippen LogP contribution < -0.4 is 5.73 Å². The van der Waals surface area contributed by atoms with E-state index in [9.17, 15) is 9.59 Å². The van der Waals surface area contributed by atoms with E-state index in [0.717, 1.165) is 28.9 Å². The van der Waals surface area contributed by atoms with Crippen LogP contribution in [-0.4, -0.2) is 36.1 Å². The van der Waals surface area contributed by atoms with Gasteiger partial charge >= 0.3 is 0 Å². The number of benzene rings is 1. The number of nitrogens with zero attached hydrogens (tertiary/aromatic N) is 1. The molecule has 1 aromatic rings. The highest BCUT2D eigenvalue weighted by Crippen LogP contribution is 2.23. The lowest BCUT2D eigenvalue weighted by molar-refractivity contribution is -0.123. The summed E-state index contributed by atoms with van der Waals surface area (Å²) >= 11 is 1.62. The van der Waals surface area contributed by atoms with Gasteiger partial charge in [-0.25, -0.2) is 0 Å². The van der Waals surface area contributed by atoms with Gasteiger partial charge in [-0.15, -0.1) is 11.8 Å². The fraction of sp³-hybridized carbons (Fsp3) is 0.467. The topological polar surface area (TPSA) is 63.4 Å². The van der Waals surface area contributed by atoms with Crippen LogP contribution in [0.5, 0.6) is 0 Å². The highest BCUT2D eigenvalue weighted by molar-refractivity contribution is 7.98. The van der Waals surface area contributed by atoms with E-state index in [1.54, 1.807) is 16.7 Å². The first-order chi connectivity index (χ1) is 9.52. The van der Waals surface area contributed by atoms with Crippen LogP contribution in [0.2, 0.25) is 0 Å². The summed E-state index contributed by atoms with van der Waals surface area (Å²) in [5, 5.41) is 0. The molecule has 1 fully saturated rings. The lowest BCUT2D eigenvalue weighted by Gasteiger charge is -2.31. The Bertz CT molecular complexity index is 531. The minimum absolute atomic E-state index is 0.00403. The smallest absolute Gasteiger partial charge is 0.254 e. The third-order valence-electron chi connectivity index (χ3n) is 3.79. The van der Waals surface area contributed by atoms with Crippen molar-refractivity contribution >= 4 is 23.6 Å². The molecule has 0 unspecified atom stereocenters. The molecule has 0 aliphatic carbocycles. The van der Waals surface area contributed by atoms with E-state index < -0.39 is 0 Å². The minimum Gasteiger partial charge on any atom is -0.369 e. The summed E-state index contributed by atoms with van der Waals surface area (Å²) in [7, 11) is 0. The maximum atomic E-state index is 12.6. The van der Waals surface area contributed by atoms with E-state index >= 15 is 0 Å². The Morgan fingerprint density at radius 1 is 1.40 bits per heavy atom. The molecule has 0 spiro atoms. The molecular weight excluding hydrogens is 272 g/mol. The lowest BCUT2D eigenvalue weighted by Crippen LogP contribution is -2.44. The molecule has 1 atom stereocenters. The number of aryl methyl sites for hydroxylation is 1. The Labute approximate surface area is 123 Å². The average molecular weight is 292 g/mol. The van der Waals surface area contributed by atoms with E-state index in [1.807, 2.05) is 31.4 Å². The molecular formula is C15H20N2O2S. The molecule has 4 nitrogen and oxygen atoms in total. The number of amides is 2. The molecule has 2 amide bonds. The maximum absolute atomic E-state index is 12.6. The van der Waals surface area contributed by atoms with Crippen LogP contribution in [0.15, 0.2) is 23.1 Å². The van der Waals surface area contributed by atoms with Gasteiger partial charge in [-0.1, -0.05) is 6.07 Å². The second kappa shape index (κ2) is 6.31. The third-order valence-corrected chi connectivity index (χ3v) is 4.51. The van der Waals surface area contributed by atoms with E-state index in [-0.39, 0.29) is 17.7 Å². The standard InChI is InChI=1S/C15H20N2O2S/c1-10-5-6-12(20-2)8-13(10)15(19)17-7-3-4-11(9-17)14(16)18/h5-6,8,11H,3-4,7,9H2,1-2H3,(H2,16,18)/t11-/m1/s1. The van der Waals surface area contributed by atoms with Gasteiger partial charge in [0.25, 0.3) is 5.91 Å². The fourth-order valence-corrected chi connectivity index (χ4v) is 2.96. The largest absolute Gasteiger partial charge is 0.369 e. The van der Waals surface area contributed by atoms with Gasteiger partial charge < -0.3 is 10.6 Å². The number of rotatable bonds is 3. The van der Waals surface area contributed by atoms with Gasteiger partial charge in [-0.3, -0.25) is 9.59 Å². The van der Waals surface area contributed by atoms with Gasteiger partial charge in [-0.2, -0.15) is 0 Å². The molecule has 108 valence electrons. The zero-order chi connectivity index (χ0) is 14.7. The third kappa shape index (κ3) is 3.15. The highest BCUT2D eigenvalue weighted by atomic mass is 32.2. The van der Waals surface area contributed by atoms with E-state index in [4.69, 9.17) is 5.73 Å². The predicted molar refractivity (Wildman–Crippen MR) is 80.8 cm³/mol. The van der Waals surface area contributed by atoms with Crippen LogP contribution >= 0.6 is 11.8 Å².